The Morgan fingerprint density at radius 1 is 0.600 bits per heavy atom. The van der Waals surface area contributed by atoms with Gasteiger partial charge >= 0.3 is 6.09 Å². The molecule has 0 atom stereocenters. The second kappa shape index (κ2) is 10.6. The lowest BCUT2D eigenvalue weighted by Gasteiger charge is -2.14. The fraction of sp³-hybridized carbons (Fsp3) is 0.100. The monoisotopic (exact) mass is 463 g/mol. The lowest BCUT2D eigenvalue weighted by atomic mass is 10.2. The Bertz CT molecular complexity index is 1400. The summed E-state index contributed by atoms with van der Waals surface area (Å²) in [6, 6.07) is 35.1. The largest absolute Gasteiger partial charge is 0.485 e. The molecular formula is C30H25NO4. The molecule has 0 radical (unpaired) electrons. The predicted octanol–water partition coefficient (Wildman–Crippen LogP) is 6.98. The van der Waals surface area contributed by atoms with Crippen LogP contribution in [0.25, 0.3) is 10.9 Å². The van der Waals surface area contributed by atoms with Crippen molar-refractivity contribution < 1.29 is 19.0 Å². The van der Waals surface area contributed by atoms with Crippen molar-refractivity contribution in [2.75, 3.05) is 0 Å². The molecule has 0 fully saturated rings. The number of nitrogens with zero attached hydrogens (tertiary/aromatic N) is 1. The predicted molar refractivity (Wildman–Crippen MR) is 136 cm³/mol. The Labute approximate surface area is 204 Å². The molecule has 0 aliphatic carbocycles. The van der Waals surface area contributed by atoms with Crippen LogP contribution in [0, 0.1) is 0 Å². The highest BCUT2D eigenvalue weighted by atomic mass is 16.5. The number of carbonyl (C=O) groups excluding carboxylic acids is 1. The van der Waals surface area contributed by atoms with Crippen LogP contribution < -0.4 is 9.47 Å². The molecule has 1 aromatic heterocycles. The van der Waals surface area contributed by atoms with Gasteiger partial charge in [-0.25, -0.2) is 4.79 Å². The fourth-order valence-electron chi connectivity index (χ4n) is 3.79. The van der Waals surface area contributed by atoms with E-state index in [1.165, 1.54) is 4.57 Å². The molecule has 1 heterocycles. The Balaban J connectivity index is 1.40. The summed E-state index contributed by atoms with van der Waals surface area (Å²) in [6.45, 7) is 0.996. The minimum absolute atomic E-state index is 0.203. The van der Waals surface area contributed by atoms with Crippen molar-refractivity contribution in [2.45, 2.75) is 19.8 Å². The zero-order valence-electron chi connectivity index (χ0n) is 19.2. The quantitative estimate of drug-likeness (QED) is 0.249. The molecule has 0 aliphatic rings. The first-order chi connectivity index (χ1) is 17.3. The Kier molecular flexibility index (Phi) is 6.76. The number of carbonyl (C=O) groups is 1. The third-order valence-corrected chi connectivity index (χ3v) is 5.63. The van der Waals surface area contributed by atoms with Crippen LogP contribution in [0.15, 0.2) is 115 Å². The number of aromatic nitrogens is 1. The standard InChI is InChI=1S/C30H25NO4/c32-30(35-22-25-14-8-3-9-15-25)31-17-16-26-18-28(33-20-23-10-4-1-5-11-23)29(19-27(26)31)34-21-24-12-6-2-7-13-24/h1-19H,20-22H2. The maximum absolute atomic E-state index is 12.8. The van der Waals surface area contributed by atoms with Crippen molar-refractivity contribution in [3.8, 4) is 11.5 Å². The highest BCUT2D eigenvalue weighted by molar-refractivity contribution is 5.91. The molecule has 0 saturated carbocycles. The summed E-state index contributed by atoms with van der Waals surface area (Å²) in [6.07, 6.45) is 1.26. The summed E-state index contributed by atoms with van der Waals surface area (Å²) >= 11 is 0. The molecule has 0 aliphatic heterocycles. The van der Waals surface area contributed by atoms with E-state index in [0.29, 0.717) is 30.2 Å². The molecule has 35 heavy (non-hydrogen) atoms. The van der Waals surface area contributed by atoms with Gasteiger partial charge in [0.25, 0.3) is 0 Å². The van der Waals surface area contributed by atoms with Gasteiger partial charge in [0.15, 0.2) is 11.5 Å². The fourth-order valence-corrected chi connectivity index (χ4v) is 3.79. The van der Waals surface area contributed by atoms with Crippen LogP contribution in [-0.4, -0.2) is 10.7 Å². The molecule has 5 heteroatoms. The van der Waals surface area contributed by atoms with Crippen LogP contribution in [0.4, 0.5) is 4.79 Å². The average molecular weight is 464 g/mol. The van der Waals surface area contributed by atoms with E-state index in [-0.39, 0.29) is 6.61 Å². The molecule has 174 valence electrons. The van der Waals surface area contributed by atoms with Crippen LogP contribution in [-0.2, 0) is 24.6 Å². The summed E-state index contributed by atoms with van der Waals surface area (Å²) in [4.78, 5) is 12.8. The summed E-state index contributed by atoms with van der Waals surface area (Å²) in [7, 11) is 0. The van der Waals surface area contributed by atoms with Gasteiger partial charge in [0.2, 0.25) is 0 Å². The van der Waals surface area contributed by atoms with E-state index in [4.69, 9.17) is 14.2 Å². The Morgan fingerprint density at radius 3 is 1.63 bits per heavy atom. The van der Waals surface area contributed by atoms with Gasteiger partial charge in [-0.05, 0) is 28.8 Å². The molecule has 5 nitrogen and oxygen atoms in total. The number of fused-ring (bicyclic) bond motifs is 1. The Hall–Kier alpha value is -4.51. The average Bonchev–Trinajstić information content (AvgIpc) is 3.33. The first-order valence-corrected chi connectivity index (χ1v) is 11.5. The number of ether oxygens (including phenoxy) is 3. The normalized spacial score (nSPS) is 10.7. The zero-order valence-corrected chi connectivity index (χ0v) is 19.2. The first-order valence-electron chi connectivity index (χ1n) is 11.5. The van der Waals surface area contributed by atoms with Crippen molar-refractivity contribution in [1.82, 2.24) is 4.57 Å². The van der Waals surface area contributed by atoms with Gasteiger partial charge < -0.3 is 14.2 Å². The van der Waals surface area contributed by atoms with Crippen LogP contribution >= 0.6 is 0 Å². The van der Waals surface area contributed by atoms with E-state index in [0.717, 1.165) is 22.1 Å². The van der Waals surface area contributed by atoms with E-state index in [9.17, 15) is 4.79 Å². The lowest BCUT2D eigenvalue weighted by Crippen LogP contribution is -2.12. The first kappa shape index (κ1) is 22.3. The lowest BCUT2D eigenvalue weighted by molar-refractivity contribution is 0.142. The topological polar surface area (TPSA) is 49.7 Å². The van der Waals surface area contributed by atoms with Gasteiger partial charge in [-0.15, -0.1) is 0 Å². The second-order valence-electron chi connectivity index (χ2n) is 8.13. The van der Waals surface area contributed by atoms with Crippen molar-refractivity contribution in [2.24, 2.45) is 0 Å². The van der Waals surface area contributed by atoms with E-state index in [1.54, 1.807) is 6.20 Å². The summed E-state index contributed by atoms with van der Waals surface area (Å²) in [5, 5.41) is 0.858. The molecule has 5 aromatic rings. The third kappa shape index (κ3) is 5.53. The van der Waals surface area contributed by atoms with Gasteiger partial charge in [0.05, 0.1) is 5.52 Å². The molecule has 0 bridgehead atoms. The molecule has 0 unspecified atom stereocenters. The van der Waals surface area contributed by atoms with Crippen LogP contribution in [0.3, 0.4) is 0 Å². The minimum Gasteiger partial charge on any atom is -0.485 e. The SMILES string of the molecule is O=C(OCc1ccccc1)n1ccc2cc(OCc3ccccc3)c(OCc3ccccc3)cc21. The van der Waals surface area contributed by atoms with Crippen LogP contribution in [0.2, 0.25) is 0 Å². The maximum atomic E-state index is 12.8. The molecule has 0 amide bonds. The summed E-state index contributed by atoms with van der Waals surface area (Å²) in [5.74, 6) is 1.18. The minimum atomic E-state index is -0.448. The van der Waals surface area contributed by atoms with Crippen molar-refractivity contribution in [1.29, 1.82) is 0 Å². The number of hydrogen-bond donors (Lipinski definition) is 0. The zero-order chi connectivity index (χ0) is 23.9. The van der Waals surface area contributed by atoms with Crippen molar-refractivity contribution in [3.63, 3.8) is 0 Å². The molecule has 0 spiro atoms. The highest BCUT2D eigenvalue weighted by Crippen LogP contribution is 2.34. The number of hydrogen-bond acceptors (Lipinski definition) is 4. The van der Waals surface area contributed by atoms with E-state index in [2.05, 4.69) is 0 Å². The third-order valence-electron chi connectivity index (χ3n) is 5.63. The second-order valence-corrected chi connectivity index (χ2v) is 8.13. The van der Waals surface area contributed by atoms with Gasteiger partial charge in [0, 0.05) is 17.6 Å². The Morgan fingerprint density at radius 2 is 1.09 bits per heavy atom. The molecule has 0 N–H and O–H groups in total. The smallest absolute Gasteiger partial charge is 0.418 e. The number of benzene rings is 4. The van der Waals surface area contributed by atoms with Gasteiger partial charge in [-0.2, -0.15) is 0 Å². The van der Waals surface area contributed by atoms with Gasteiger partial charge in [-0.3, -0.25) is 4.57 Å². The van der Waals surface area contributed by atoms with E-state index in [1.807, 2.05) is 109 Å². The van der Waals surface area contributed by atoms with Gasteiger partial charge in [0.1, 0.15) is 19.8 Å². The molecule has 5 rings (SSSR count). The van der Waals surface area contributed by atoms with Crippen LogP contribution in [0.1, 0.15) is 16.7 Å². The molecular weight excluding hydrogens is 438 g/mol. The summed E-state index contributed by atoms with van der Waals surface area (Å²) < 4.78 is 19.3. The van der Waals surface area contributed by atoms with Crippen LogP contribution in [0.5, 0.6) is 11.5 Å². The molecule has 0 saturated heterocycles. The van der Waals surface area contributed by atoms with Crippen molar-refractivity contribution in [3.05, 3.63) is 132 Å². The summed E-state index contributed by atoms with van der Waals surface area (Å²) in [5.41, 5.74) is 3.72. The van der Waals surface area contributed by atoms with E-state index >= 15 is 0 Å². The number of rotatable bonds is 8. The van der Waals surface area contributed by atoms with E-state index < -0.39 is 6.09 Å². The highest BCUT2D eigenvalue weighted by Gasteiger charge is 2.16. The molecule has 4 aromatic carbocycles. The maximum Gasteiger partial charge on any atom is 0.418 e. The van der Waals surface area contributed by atoms with Crippen molar-refractivity contribution >= 4 is 17.0 Å². The van der Waals surface area contributed by atoms with Gasteiger partial charge in [-0.1, -0.05) is 91.0 Å².